The maximum atomic E-state index is 11.7. The fraction of sp³-hybridized carbons (Fsp3) is 0.500. The van der Waals surface area contributed by atoms with Gasteiger partial charge in [-0.25, -0.2) is 4.79 Å². The molecule has 1 aromatic carbocycles. The van der Waals surface area contributed by atoms with Gasteiger partial charge in [-0.1, -0.05) is 18.2 Å². The normalized spacial score (nSPS) is 17.8. The Bertz CT molecular complexity index is 468. The molecule has 2 rings (SSSR count). The molecule has 0 saturated heterocycles. The number of hydrogen-bond donors (Lipinski definition) is 1. The quantitative estimate of drug-likeness (QED) is 0.832. The molecular formula is C14H19NO3. The highest BCUT2D eigenvalue weighted by Crippen LogP contribution is 2.39. The van der Waals surface area contributed by atoms with E-state index in [1.54, 1.807) is 6.92 Å². The summed E-state index contributed by atoms with van der Waals surface area (Å²) in [5.74, 6) is 0.322. The Kier molecular flexibility index (Phi) is 3.30. The van der Waals surface area contributed by atoms with Crippen molar-refractivity contribution in [2.75, 3.05) is 6.61 Å². The Balaban J connectivity index is 2.32. The standard InChI is InChI=1S/C14H19NO3/c1-4-17-13(16)11(15)10-7-5-6-9-8-14(2,3)18-12(9)10/h5-7,11H,4,8,15H2,1-3H3. The van der Waals surface area contributed by atoms with E-state index in [2.05, 4.69) is 0 Å². The number of nitrogens with two attached hydrogens (primary N) is 1. The van der Waals surface area contributed by atoms with Crippen LogP contribution in [0, 0.1) is 0 Å². The van der Waals surface area contributed by atoms with Gasteiger partial charge in [0, 0.05) is 12.0 Å². The zero-order valence-electron chi connectivity index (χ0n) is 11.0. The lowest BCUT2D eigenvalue weighted by Crippen LogP contribution is -2.27. The second-order valence-electron chi connectivity index (χ2n) is 5.10. The van der Waals surface area contributed by atoms with Gasteiger partial charge in [-0.15, -0.1) is 0 Å². The molecule has 18 heavy (non-hydrogen) atoms. The van der Waals surface area contributed by atoms with E-state index in [1.165, 1.54) is 0 Å². The van der Waals surface area contributed by atoms with E-state index in [-0.39, 0.29) is 5.60 Å². The van der Waals surface area contributed by atoms with Gasteiger partial charge < -0.3 is 15.2 Å². The first-order valence-electron chi connectivity index (χ1n) is 6.17. The smallest absolute Gasteiger partial charge is 0.327 e. The minimum atomic E-state index is -0.784. The zero-order valence-corrected chi connectivity index (χ0v) is 11.0. The average Bonchev–Trinajstić information content (AvgIpc) is 2.61. The van der Waals surface area contributed by atoms with E-state index in [0.717, 1.165) is 17.7 Å². The van der Waals surface area contributed by atoms with Crippen molar-refractivity contribution in [3.8, 4) is 5.75 Å². The molecule has 1 unspecified atom stereocenters. The van der Waals surface area contributed by atoms with Crippen molar-refractivity contribution < 1.29 is 14.3 Å². The van der Waals surface area contributed by atoms with Crippen LogP contribution in [-0.4, -0.2) is 18.2 Å². The summed E-state index contributed by atoms with van der Waals surface area (Å²) >= 11 is 0. The molecule has 0 bridgehead atoms. The van der Waals surface area contributed by atoms with Crippen LogP contribution in [0.1, 0.15) is 37.9 Å². The highest BCUT2D eigenvalue weighted by Gasteiger charge is 2.34. The van der Waals surface area contributed by atoms with E-state index in [9.17, 15) is 4.79 Å². The Labute approximate surface area is 107 Å². The van der Waals surface area contributed by atoms with Crippen molar-refractivity contribution in [2.45, 2.75) is 38.8 Å². The monoisotopic (exact) mass is 249 g/mol. The predicted molar refractivity (Wildman–Crippen MR) is 68.4 cm³/mol. The van der Waals surface area contributed by atoms with Crippen LogP contribution < -0.4 is 10.5 Å². The first-order chi connectivity index (χ1) is 8.44. The SMILES string of the molecule is CCOC(=O)C(N)c1cccc2c1OC(C)(C)C2. The minimum absolute atomic E-state index is 0.243. The molecule has 4 heteroatoms. The molecular weight excluding hydrogens is 230 g/mol. The molecule has 0 fully saturated rings. The molecule has 98 valence electrons. The van der Waals surface area contributed by atoms with Crippen LogP contribution >= 0.6 is 0 Å². The van der Waals surface area contributed by atoms with Crippen LogP contribution in [0.15, 0.2) is 18.2 Å². The van der Waals surface area contributed by atoms with Crippen LogP contribution in [0.5, 0.6) is 5.75 Å². The summed E-state index contributed by atoms with van der Waals surface area (Å²) in [6.07, 6.45) is 0.825. The topological polar surface area (TPSA) is 61.5 Å². The summed E-state index contributed by atoms with van der Waals surface area (Å²) in [4.78, 5) is 11.7. The van der Waals surface area contributed by atoms with Gasteiger partial charge in [0.2, 0.25) is 0 Å². The van der Waals surface area contributed by atoms with Crippen LogP contribution in [0.25, 0.3) is 0 Å². The number of para-hydroxylation sites is 1. The van der Waals surface area contributed by atoms with Gasteiger partial charge in [0.05, 0.1) is 6.61 Å². The maximum Gasteiger partial charge on any atom is 0.327 e. The summed E-state index contributed by atoms with van der Waals surface area (Å²) in [6.45, 7) is 6.13. The van der Waals surface area contributed by atoms with Crippen molar-refractivity contribution in [1.29, 1.82) is 0 Å². The Morgan fingerprint density at radius 2 is 2.28 bits per heavy atom. The first kappa shape index (κ1) is 12.9. The summed E-state index contributed by atoms with van der Waals surface area (Å²) in [5.41, 5.74) is 7.49. The fourth-order valence-electron chi connectivity index (χ4n) is 2.24. The molecule has 2 N–H and O–H groups in total. The summed E-state index contributed by atoms with van der Waals surface area (Å²) in [7, 11) is 0. The molecule has 0 aliphatic carbocycles. The molecule has 1 aliphatic heterocycles. The molecule has 0 aromatic heterocycles. The molecule has 1 aliphatic rings. The first-order valence-corrected chi connectivity index (χ1v) is 6.17. The van der Waals surface area contributed by atoms with Gasteiger partial charge in [0.1, 0.15) is 17.4 Å². The number of rotatable bonds is 3. The number of fused-ring (bicyclic) bond motifs is 1. The Morgan fingerprint density at radius 1 is 1.56 bits per heavy atom. The maximum absolute atomic E-state index is 11.7. The number of benzene rings is 1. The van der Waals surface area contributed by atoms with E-state index in [1.807, 2.05) is 32.0 Å². The summed E-state index contributed by atoms with van der Waals surface area (Å²) in [6, 6.07) is 4.94. The lowest BCUT2D eigenvalue weighted by Gasteiger charge is -2.19. The lowest BCUT2D eigenvalue weighted by molar-refractivity contribution is -0.144. The van der Waals surface area contributed by atoms with Crippen LogP contribution in [0.4, 0.5) is 0 Å². The zero-order chi connectivity index (χ0) is 13.3. The third-order valence-corrected chi connectivity index (χ3v) is 3.00. The van der Waals surface area contributed by atoms with E-state index >= 15 is 0 Å². The highest BCUT2D eigenvalue weighted by atomic mass is 16.5. The summed E-state index contributed by atoms with van der Waals surface area (Å²) < 4.78 is 10.8. The lowest BCUT2D eigenvalue weighted by atomic mass is 9.98. The van der Waals surface area contributed by atoms with E-state index < -0.39 is 12.0 Å². The third-order valence-electron chi connectivity index (χ3n) is 3.00. The van der Waals surface area contributed by atoms with Gasteiger partial charge in [-0.3, -0.25) is 0 Å². The molecule has 1 heterocycles. The van der Waals surface area contributed by atoms with Crippen LogP contribution in [0.2, 0.25) is 0 Å². The second kappa shape index (κ2) is 4.61. The van der Waals surface area contributed by atoms with Gasteiger partial charge in [0.15, 0.2) is 0 Å². The number of hydrogen-bond acceptors (Lipinski definition) is 4. The molecule has 0 amide bonds. The Hall–Kier alpha value is -1.55. The number of ether oxygens (including phenoxy) is 2. The average molecular weight is 249 g/mol. The van der Waals surface area contributed by atoms with Crippen molar-refractivity contribution in [2.24, 2.45) is 5.73 Å². The second-order valence-corrected chi connectivity index (χ2v) is 5.10. The molecule has 0 spiro atoms. The predicted octanol–water partition coefficient (Wildman–Crippen LogP) is 1.96. The summed E-state index contributed by atoms with van der Waals surface area (Å²) in [5, 5.41) is 0. The third kappa shape index (κ3) is 2.34. The van der Waals surface area contributed by atoms with E-state index in [4.69, 9.17) is 15.2 Å². The minimum Gasteiger partial charge on any atom is -0.487 e. The molecule has 0 saturated carbocycles. The number of esters is 1. The van der Waals surface area contributed by atoms with Gasteiger partial charge in [0.25, 0.3) is 0 Å². The van der Waals surface area contributed by atoms with Crippen LogP contribution in [-0.2, 0) is 16.0 Å². The molecule has 1 atom stereocenters. The Morgan fingerprint density at radius 3 is 2.94 bits per heavy atom. The van der Waals surface area contributed by atoms with Crippen molar-refractivity contribution in [3.63, 3.8) is 0 Å². The largest absolute Gasteiger partial charge is 0.487 e. The number of carbonyl (C=O) groups excluding carboxylic acids is 1. The van der Waals surface area contributed by atoms with E-state index in [0.29, 0.717) is 12.2 Å². The van der Waals surface area contributed by atoms with Gasteiger partial charge in [-0.05, 0) is 26.3 Å². The van der Waals surface area contributed by atoms with Crippen molar-refractivity contribution >= 4 is 5.97 Å². The highest BCUT2D eigenvalue weighted by molar-refractivity contribution is 5.78. The van der Waals surface area contributed by atoms with Crippen molar-refractivity contribution in [3.05, 3.63) is 29.3 Å². The molecule has 0 radical (unpaired) electrons. The van der Waals surface area contributed by atoms with Gasteiger partial charge in [-0.2, -0.15) is 0 Å². The fourth-order valence-corrected chi connectivity index (χ4v) is 2.24. The number of carbonyl (C=O) groups is 1. The molecule has 1 aromatic rings. The molecule has 4 nitrogen and oxygen atoms in total. The van der Waals surface area contributed by atoms with Crippen LogP contribution in [0.3, 0.4) is 0 Å². The van der Waals surface area contributed by atoms with Gasteiger partial charge >= 0.3 is 5.97 Å². The van der Waals surface area contributed by atoms with Crippen molar-refractivity contribution in [1.82, 2.24) is 0 Å².